The Hall–Kier alpha value is -2.27. The summed E-state index contributed by atoms with van der Waals surface area (Å²) in [6.07, 6.45) is 0. The zero-order valence-electron chi connectivity index (χ0n) is 9.97. The van der Waals surface area contributed by atoms with Crippen LogP contribution in [0.5, 0.6) is 5.75 Å². The molecule has 1 aromatic heterocycles. The quantitative estimate of drug-likeness (QED) is 0.864. The van der Waals surface area contributed by atoms with Crippen LogP contribution in [0.15, 0.2) is 40.8 Å². The van der Waals surface area contributed by atoms with Gasteiger partial charge in [0.25, 0.3) is 5.91 Å². The molecule has 1 amide bonds. The minimum atomic E-state index is -0.334. The average Bonchev–Trinajstić information content (AvgIpc) is 2.88. The molecule has 5 nitrogen and oxygen atoms in total. The minimum absolute atomic E-state index is 0.223. The third-order valence-electron chi connectivity index (χ3n) is 2.44. The largest absolute Gasteiger partial charge is 0.495 e. The van der Waals surface area contributed by atoms with Gasteiger partial charge in [0.1, 0.15) is 11.5 Å². The fourth-order valence-electron chi connectivity index (χ4n) is 1.54. The number of nitrogens with one attached hydrogen (secondary N) is 1. The van der Waals surface area contributed by atoms with Crippen molar-refractivity contribution < 1.29 is 13.9 Å². The van der Waals surface area contributed by atoms with E-state index < -0.39 is 0 Å². The molecular formula is C13H14N2O3. The zero-order valence-corrected chi connectivity index (χ0v) is 9.97. The Morgan fingerprint density at radius 3 is 2.78 bits per heavy atom. The topological polar surface area (TPSA) is 77.5 Å². The van der Waals surface area contributed by atoms with Crippen molar-refractivity contribution in [1.82, 2.24) is 0 Å². The van der Waals surface area contributed by atoms with E-state index in [1.807, 2.05) is 12.1 Å². The number of hydrogen-bond acceptors (Lipinski definition) is 4. The minimum Gasteiger partial charge on any atom is -0.495 e. The third-order valence-corrected chi connectivity index (χ3v) is 2.44. The summed E-state index contributed by atoms with van der Waals surface area (Å²) in [6, 6.07) is 10.4. The maximum atomic E-state index is 11.9. The average molecular weight is 246 g/mol. The number of para-hydroxylation sites is 2. The van der Waals surface area contributed by atoms with Crippen molar-refractivity contribution >= 4 is 11.6 Å². The van der Waals surface area contributed by atoms with E-state index >= 15 is 0 Å². The highest BCUT2D eigenvalue weighted by molar-refractivity contribution is 6.03. The van der Waals surface area contributed by atoms with Crippen molar-refractivity contribution in [2.75, 3.05) is 12.4 Å². The Bertz CT molecular complexity index is 549. The first kappa shape index (κ1) is 12.2. The second-order valence-corrected chi connectivity index (χ2v) is 3.62. The SMILES string of the molecule is COc1ccccc1NC(=O)c1ccc(CN)o1. The van der Waals surface area contributed by atoms with Gasteiger partial charge < -0.3 is 20.2 Å². The fourth-order valence-corrected chi connectivity index (χ4v) is 1.54. The summed E-state index contributed by atoms with van der Waals surface area (Å²) in [6.45, 7) is 0.266. The van der Waals surface area contributed by atoms with Crippen LogP contribution >= 0.6 is 0 Å². The van der Waals surface area contributed by atoms with Crippen LogP contribution in [-0.4, -0.2) is 13.0 Å². The van der Waals surface area contributed by atoms with Gasteiger partial charge in [-0.15, -0.1) is 0 Å². The molecule has 0 saturated carbocycles. The second-order valence-electron chi connectivity index (χ2n) is 3.62. The van der Waals surface area contributed by atoms with Crippen LogP contribution in [0, 0.1) is 0 Å². The summed E-state index contributed by atoms with van der Waals surface area (Å²) in [5.74, 6) is 1.05. The first-order valence-electron chi connectivity index (χ1n) is 5.47. The predicted molar refractivity (Wildman–Crippen MR) is 67.5 cm³/mol. The first-order valence-corrected chi connectivity index (χ1v) is 5.47. The van der Waals surface area contributed by atoms with Crippen LogP contribution in [0.25, 0.3) is 0 Å². The molecule has 94 valence electrons. The molecule has 0 aliphatic rings. The lowest BCUT2D eigenvalue weighted by molar-refractivity contribution is 0.0994. The smallest absolute Gasteiger partial charge is 0.291 e. The maximum Gasteiger partial charge on any atom is 0.291 e. The lowest BCUT2D eigenvalue weighted by Crippen LogP contribution is -2.11. The van der Waals surface area contributed by atoms with Gasteiger partial charge in [0.15, 0.2) is 5.76 Å². The van der Waals surface area contributed by atoms with Crippen molar-refractivity contribution in [2.45, 2.75) is 6.54 Å². The van der Waals surface area contributed by atoms with Crippen LogP contribution < -0.4 is 15.8 Å². The molecule has 0 aliphatic heterocycles. The van der Waals surface area contributed by atoms with Crippen LogP contribution in [0.3, 0.4) is 0 Å². The van der Waals surface area contributed by atoms with E-state index in [0.717, 1.165) is 0 Å². The molecule has 2 rings (SSSR count). The fraction of sp³-hybridized carbons (Fsp3) is 0.154. The van der Waals surface area contributed by atoms with Crippen LogP contribution in [-0.2, 0) is 6.54 Å². The Morgan fingerprint density at radius 2 is 2.11 bits per heavy atom. The lowest BCUT2D eigenvalue weighted by Gasteiger charge is -2.08. The van der Waals surface area contributed by atoms with E-state index in [-0.39, 0.29) is 18.2 Å². The summed E-state index contributed by atoms with van der Waals surface area (Å²) in [5.41, 5.74) is 6.01. The van der Waals surface area contributed by atoms with Crippen molar-refractivity contribution in [1.29, 1.82) is 0 Å². The second kappa shape index (κ2) is 5.37. The molecule has 5 heteroatoms. The molecule has 0 radical (unpaired) electrons. The van der Waals surface area contributed by atoms with E-state index in [9.17, 15) is 4.79 Å². The molecule has 0 spiro atoms. The van der Waals surface area contributed by atoms with Gasteiger partial charge in [0.05, 0.1) is 19.3 Å². The number of rotatable bonds is 4. The molecule has 0 bridgehead atoms. The van der Waals surface area contributed by atoms with E-state index in [0.29, 0.717) is 17.2 Å². The van der Waals surface area contributed by atoms with E-state index in [1.165, 1.54) is 0 Å². The van der Waals surface area contributed by atoms with Crippen molar-refractivity contribution in [3.8, 4) is 5.75 Å². The predicted octanol–water partition coefficient (Wildman–Crippen LogP) is 2.00. The summed E-state index contributed by atoms with van der Waals surface area (Å²) >= 11 is 0. The maximum absolute atomic E-state index is 11.9. The van der Waals surface area contributed by atoms with Gasteiger partial charge in [-0.05, 0) is 24.3 Å². The number of ether oxygens (including phenoxy) is 1. The highest BCUT2D eigenvalue weighted by Crippen LogP contribution is 2.23. The molecule has 18 heavy (non-hydrogen) atoms. The van der Waals surface area contributed by atoms with Crippen molar-refractivity contribution in [2.24, 2.45) is 5.73 Å². The van der Waals surface area contributed by atoms with Crippen LogP contribution in [0.2, 0.25) is 0 Å². The molecule has 3 N–H and O–H groups in total. The highest BCUT2D eigenvalue weighted by atomic mass is 16.5. The number of nitrogens with two attached hydrogens (primary N) is 1. The number of benzene rings is 1. The third kappa shape index (κ3) is 2.52. The summed E-state index contributed by atoms with van der Waals surface area (Å²) < 4.78 is 10.4. The number of carbonyl (C=O) groups is 1. The first-order chi connectivity index (χ1) is 8.74. The summed E-state index contributed by atoms with van der Waals surface area (Å²) in [7, 11) is 1.55. The standard InChI is InChI=1S/C13H14N2O3/c1-17-11-5-3-2-4-10(11)15-13(16)12-7-6-9(8-14)18-12/h2-7H,8,14H2,1H3,(H,15,16). The van der Waals surface area contributed by atoms with Gasteiger partial charge in [0.2, 0.25) is 0 Å². The van der Waals surface area contributed by atoms with Crippen molar-refractivity contribution in [3.05, 3.63) is 47.9 Å². The summed E-state index contributed by atoms with van der Waals surface area (Å²) in [4.78, 5) is 11.9. The monoisotopic (exact) mass is 246 g/mol. The van der Waals surface area contributed by atoms with Gasteiger partial charge in [0, 0.05) is 0 Å². The number of anilines is 1. The molecule has 0 aliphatic carbocycles. The van der Waals surface area contributed by atoms with Gasteiger partial charge >= 0.3 is 0 Å². The normalized spacial score (nSPS) is 10.1. The lowest BCUT2D eigenvalue weighted by atomic mass is 10.3. The molecule has 1 aromatic carbocycles. The molecular weight excluding hydrogens is 232 g/mol. The molecule has 1 heterocycles. The van der Waals surface area contributed by atoms with Gasteiger partial charge in [-0.2, -0.15) is 0 Å². The number of amides is 1. The Labute approximate surface area is 105 Å². The highest BCUT2D eigenvalue weighted by Gasteiger charge is 2.12. The van der Waals surface area contributed by atoms with Crippen molar-refractivity contribution in [3.63, 3.8) is 0 Å². The Balaban J connectivity index is 2.16. The van der Waals surface area contributed by atoms with E-state index in [2.05, 4.69) is 5.32 Å². The molecule has 0 atom stereocenters. The number of furan rings is 1. The number of carbonyl (C=O) groups excluding carboxylic acids is 1. The molecule has 0 saturated heterocycles. The number of methoxy groups -OCH3 is 1. The molecule has 0 unspecified atom stereocenters. The Kier molecular flexibility index (Phi) is 3.64. The van der Waals surface area contributed by atoms with Gasteiger partial charge in [-0.1, -0.05) is 12.1 Å². The summed E-state index contributed by atoms with van der Waals surface area (Å²) in [5, 5.41) is 2.72. The van der Waals surface area contributed by atoms with E-state index in [1.54, 1.807) is 31.4 Å². The molecule has 2 aromatic rings. The van der Waals surface area contributed by atoms with Gasteiger partial charge in [-0.3, -0.25) is 4.79 Å². The molecule has 0 fully saturated rings. The number of hydrogen-bond donors (Lipinski definition) is 2. The van der Waals surface area contributed by atoms with E-state index in [4.69, 9.17) is 14.9 Å². The van der Waals surface area contributed by atoms with Crippen LogP contribution in [0.4, 0.5) is 5.69 Å². The Morgan fingerprint density at radius 1 is 1.33 bits per heavy atom. The van der Waals surface area contributed by atoms with Crippen LogP contribution in [0.1, 0.15) is 16.3 Å². The zero-order chi connectivity index (χ0) is 13.0. The van der Waals surface area contributed by atoms with Gasteiger partial charge in [-0.25, -0.2) is 0 Å².